The predicted octanol–water partition coefficient (Wildman–Crippen LogP) is 3.60. The number of benzene rings is 1. The lowest BCUT2D eigenvalue weighted by Crippen LogP contribution is -2.37. The van der Waals surface area contributed by atoms with Crippen LogP contribution in [0.1, 0.15) is 23.8 Å². The van der Waals surface area contributed by atoms with Crippen LogP contribution in [0, 0.1) is 6.92 Å². The summed E-state index contributed by atoms with van der Waals surface area (Å²) in [7, 11) is 0. The van der Waals surface area contributed by atoms with Gasteiger partial charge in [0.15, 0.2) is 0 Å². The molecule has 6 heteroatoms. The Balaban J connectivity index is 1.39. The molecule has 124 valence electrons. The lowest BCUT2D eigenvalue weighted by atomic mass is 10.1. The minimum Gasteiger partial charge on any atom is -0.460 e. The normalized spacial score (nSPS) is 17.0. The maximum Gasteiger partial charge on any atom is 0.134 e. The van der Waals surface area contributed by atoms with Crippen molar-refractivity contribution in [2.75, 3.05) is 0 Å². The van der Waals surface area contributed by atoms with Crippen LogP contribution in [-0.2, 0) is 19.5 Å². The van der Waals surface area contributed by atoms with Gasteiger partial charge < -0.3 is 14.3 Å². The van der Waals surface area contributed by atoms with E-state index in [9.17, 15) is 0 Å². The standard InChI is InChI=1S/C18H19ClN4O/c1-12-21-22-18-9-6-15(11-23(12)18)20-10-16-7-8-17(24-16)13-2-4-14(19)5-3-13/h2-5,7-8,15,20H,6,9-11H2,1H3. The first-order valence-corrected chi connectivity index (χ1v) is 8.53. The molecule has 1 N–H and O–H groups in total. The molecule has 0 radical (unpaired) electrons. The minimum atomic E-state index is 0.413. The number of rotatable bonds is 4. The number of aryl methyl sites for hydroxylation is 2. The number of furan rings is 1. The zero-order chi connectivity index (χ0) is 16.5. The molecule has 1 unspecified atom stereocenters. The first-order valence-electron chi connectivity index (χ1n) is 8.16. The number of hydrogen-bond acceptors (Lipinski definition) is 4. The topological polar surface area (TPSA) is 55.9 Å². The van der Waals surface area contributed by atoms with E-state index in [0.717, 1.165) is 59.7 Å². The largest absolute Gasteiger partial charge is 0.460 e. The summed E-state index contributed by atoms with van der Waals surface area (Å²) in [4.78, 5) is 0. The first kappa shape index (κ1) is 15.4. The van der Waals surface area contributed by atoms with E-state index >= 15 is 0 Å². The molecule has 0 bridgehead atoms. The second kappa shape index (κ2) is 6.42. The fourth-order valence-corrected chi connectivity index (χ4v) is 3.24. The molecule has 1 aliphatic rings. The zero-order valence-electron chi connectivity index (χ0n) is 13.5. The zero-order valence-corrected chi connectivity index (χ0v) is 14.3. The van der Waals surface area contributed by atoms with E-state index in [1.807, 2.05) is 43.3 Å². The molecule has 1 aliphatic heterocycles. The number of nitrogens with one attached hydrogen (secondary N) is 1. The van der Waals surface area contributed by atoms with Gasteiger partial charge in [0.25, 0.3) is 0 Å². The summed E-state index contributed by atoms with van der Waals surface area (Å²) < 4.78 is 8.14. The molecule has 3 heterocycles. The van der Waals surface area contributed by atoms with Crippen LogP contribution in [-0.4, -0.2) is 20.8 Å². The third-order valence-electron chi connectivity index (χ3n) is 4.49. The lowest BCUT2D eigenvalue weighted by molar-refractivity contribution is 0.360. The number of halogens is 1. The molecule has 0 aliphatic carbocycles. The maximum atomic E-state index is 5.94. The van der Waals surface area contributed by atoms with Crippen molar-refractivity contribution in [2.45, 2.75) is 38.9 Å². The Morgan fingerprint density at radius 2 is 2.04 bits per heavy atom. The van der Waals surface area contributed by atoms with Crippen LogP contribution in [0.25, 0.3) is 11.3 Å². The van der Waals surface area contributed by atoms with E-state index in [1.165, 1.54) is 0 Å². The van der Waals surface area contributed by atoms with E-state index in [2.05, 4.69) is 20.1 Å². The van der Waals surface area contributed by atoms with Gasteiger partial charge in [-0.25, -0.2) is 0 Å². The molecule has 0 spiro atoms. The van der Waals surface area contributed by atoms with Crippen LogP contribution in [0.15, 0.2) is 40.8 Å². The lowest BCUT2D eigenvalue weighted by Gasteiger charge is -2.24. The Bertz CT molecular complexity index is 837. The van der Waals surface area contributed by atoms with Gasteiger partial charge in [-0.2, -0.15) is 0 Å². The van der Waals surface area contributed by atoms with Crippen molar-refractivity contribution in [2.24, 2.45) is 0 Å². The highest BCUT2D eigenvalue weighted by atomic mass is 35.5. The van der Waals surface area contributed by atoms with E-state index in [-0.39, 0.29) is 0 Å². The molecule has 5 nitrogen and oxygen atoms in total. The highest BCUT2D eigenvalue weighted by Gasteiger charge is 2.21. The van der Waals surface area contributed by atoms with Gasteiger partial charge in [-0.3, -0.25) is 0 Å². The van der Waals surface area contributed by atoms with E-state index in [1.54, 1.807) is 0 Å². The molecule has 24 heavy (non-hydrogen) atoms. The quantitative estimate of drug-likeness (QED) is 0.787. The molecule has 0 saturated carbocycles. The highest BCUT2D eigenvalue weighted by Crippen LogP contribution is 2.24. The minimum absolute atomic E-state index is 0.413. The SMILES string of the molecule is Cc1nnc2n1CC(NCc1ccc(-c3ccc(Cl)cc3)o1)CC2. The second-order valence-electron chi connectivity index (χ2n) is 6.16. The second-order valence-corrected chi connectivity index (χ2v) is 6.60. The molecule has 4 rings (SSSR count). The van der Waals surface area contributed by atoms with Crippen LogP contribution in [0.3, 0.4) is 0 Å². The smallest absolute Gasteiger partial charge is 0.134 e. The Morgan fingerprint density at radius 1 is 1.21 bits per heavy atom. The Kier molecular flexibility index (Phi) is 4.12. The summed E-state index contributed by atoms with van der Waals surface area (Å²) in [5.41, 5.74) is 1.04. The van der Waals surface area contributed by atoms with Gasteiger partial charge in [0, 0.05) is 29.6 Å². The van der Waals surface area contributed by atoms with Gasteiger partial charge in [-0.1, -0.05) is 11.6 Å². The Morgan fingerprint density at radius 3 is 2.88 bits per heavy atom. The molecule has 0 amide bonds. The molecule has 1 atom stereocenters. The van der Waals surface area contributed by atoms with Crippen molar-refractivity contribution in [3.8, 4) is 11.3 Å². The van der Waals surface area contributed by atoms with E-state index in [4.69, 9.17) is 16.0 Å². The van der Waals surface area contributed by atoms with Crippen LogP contribution < -0.4 is 5.32 Å². The fraction of sp³-hybridized carbons (Fsp3) is 0.333. The van der Waals surface area contributed by atoms with Gasteiger partial charge in [-0.05, 0) is 49.7 Å². The summed E-state index contributed by atoms with van der Waals surface area (Å²) in [5.74, 6) is 3.88. The maximum absolute atomic E-state index is 5.94. The Labute approximate surface area is 145 Å². The van der Waals surface area contributed by atoms with Crippen LogP contribution >= 0.6 is 11.6 Å². The molecule has 0 saturated heterocycles. The molecule has 2 aromatic heterocycles. The van der Waals surface area contributed by atoms with Crippen molar-refractivity contribution < 1.29 is 4.42 Å². The highest BCUT2D eigenvalue weighted by molar-refractivity contribution is 6.30. The van der Waals surface area contributed by atoms with Gasteiger partial charge >= 0.3 is 0 Å². The number of nitrogens with zero attached hydrogens (tertiary/aromatic N) is 3. The number of aromatic nitrogens is 3. The van der Waals surface area contributed by atoms with Crippen molar-refractivity contribution in [1.82, 2.24) is 20.1 Å². The van der Waals surface area contributed by atoms with Crippen molar-refractivity contribution in [3.05, 3.63) is 58.8 Å². The van der Waals surface area contributed by atoms with Crippen molar-refractivity contribution >= 4 is 11.6 Å². The van der Waals surface area contributed by atoms with Gasteiger partial charge in [0.2, 0.25) is 0 Å². The summed E-state index contributed by atoms with van der Waals surface area (Å²) in [6.45, 7) is 3.64. The fourth-order valence-electron chi connectivity index (χ4n) is 3.12. The van der Waals surface area contributed by atoms with Crippen LogP contribution in [0.4, 0.5) is 0 Å². The van der Waals surface area contributed by atoms with Crippen LogP contribution in [0.2, 0.25) is 5.02 Å². The molecule has 0 fully saturated rings. The molecular weight excluding hydrogens is 324 g/mol. The first-order chi connectivity index (χ1) is 11.7. The molecule has 1 aromatic carbocycles. The summed E-state index contributed by atoms with van der Waals surface area (Å²) in [6, 6.07) is 12.1. The van der Waals surface area contributed by atoms with Crippen molar-refractivity contribution in [3.63, 3.8) is 0 Å². The average Bonchev–Trinajstić information content (AvgIpc) is 3.21. The number of hydrogen-bond donors (Lipinski definition) is 1. The van der Waals surface area contributed by atoms with Gasteiger partial charge in [-0.15, -0.1) is 10.2 Å². The molecule has 3 aromatic rings. The van der Waals surface area contributed by atoms with E-state index in [0.29, 0.717) is 6.04 Å². The predicted molar refractivity (Wildman–Crippen MR) is 92.9 cm³/mol. The third-order valence-corrected chi connectivity index (χ3v) is 4.74. The van der Waals surface area contributed by atoms with Gasteiger partial charge in [0.05, 0.1) is 6.54 Å². The van der Waals surface area contributed by atoms with Gasteiger partial charge in [0.1, 0.15) is 23.2 Å². The van der Waals surface area contributed by atoms with Crippen molar-refractivity contribution in [1.29, 1.82) is 0 Å². The third kappa shape index (κ3) is 3.09. The summed E-state index contributed by atoms with van der Waals surface area (Å²) in [5, 5.41) is 12.7. The summed E-state index contributed by atoms with van der Waals surface area (Å²) in [6.07, 6.45) is 2.04. The number of fused-ring (bicyclic) bond motifs is 1. The Hall–Kier alpha value is -2.11. The average molecular weight is 343 g/mol. The van der Waals surface area contributed by atoms with E-state index < -0.39 is 0 Å². The monoisotopic (exact) mass is 342 g/mol. The molecular formula is C18H19ClN4O. The summed E-state index contributed by atoms with van der Waals surface area (Å²) >= 11 is 5.93. The van der Waals surface area contributed by atoms with Crippen LogP contribution in [0.5, 0.6) is 0 Å².